The molecule has 0 bridgehead atoms. The largest absolute Gasteiger partial charge is 0.481 e. The molecule has 0 radical (unpaired) electrons. The van der Waals surface area contributed by atoms with Crippen LogP contribution < -0.4 is 0 Å². The molecule has 0 saturated heterocycles. The van der Waals surface area contributed by atoms with Crippen LogP contribution in [-0.4, -0.2) is 89.8 Å². The van der Waals surface area contributed by atoms with E-state index in [1.54, 1.807) is 47.6 Å². The Labute approximate surface area is 296 Å². The van der Waals surface area contributed by atoms with Crippen LogP contribution in [0.3, 0.4) is 0 Å². The fraction of sp³-hybridized carbons (Fsp3) is 0.703. The fourth-order valence-corrected chi connectivity index (χ4v) is 9.12. The van der Waals surface area contributed by atoms with E-state index >= 15 is 4.39 Å². The summed E-state index contributed by atoms with van der Waals surface area (Å²) in [6.07, 6.45) is 1.50. The third-order valence-corrected chi connectivity index (χ3v) is 11.6. The van der Waals surface area contributed by atoms with Crippen LogP contribution in [0.5, 0.6) is 0 Å². The van der Waals surface area contributed by atoms with E-state index in [1.807, 2.05) is 0 Å². The Bertz CT molecular complexity index is 1500. The van der Waals surface area contributed by atoms with Crippen LogP contribution in [0.15, 0.2) is 23.8 Å². The summed E-state index contributed by atoms with van der Waals surface area (Å²) in [7, 11) is 0. The predicted molar refractivity (Wildman–Crippen MR) is 175 cm³/mol. The smallest absolute Gasteiger partial charge is 0.317 e. The van der Waals surface area contributed by atoms with Crippen LogP contribution >= 0.6 is 0 Å². The van der Waals surface area contributed by atoms with Crippen LogP contribution in [0.1, 0.15) is 92.9 Å². The van der Waals surface area contributed by atoms with E-state index in [9.17, 15) is 33.6 Å². The number of halogens is 1. The second-order valence-electron chi connectivity index (χ2n) is 14.4. The van der Waals surface area contributed by atoms with Crippen molar-refractivity contribution < 1.29 is 66.7 Å². The van der Waals surface area contributed by atoms with Gasteiger partial charge in [-0.05, 0) is 50.7 Å². The molecule has 4 aliphatic carbocycles. The molecule has 0 aromatic rings. The Morgan fingerprint density at radius 3 is 2.24 bits per heavy atom. The first-order valence-corrected chi connectivity index (χ1v) is 17.7. The number of carboxylic acid groups (broad SMARTS) is 1. The lowest BCUT2D eigenvalue weighted by molar-refractivity contribution is -0.242. The van der Waals surface area contributed by atoms with E-state index in [0.29, 0.717) is 18.4 Å². The van der Waals surface area contributed by atoms with E-state index in [-0.39, 0.29) is 37.9 Å². The van der Waals surface area contributed by atoms with Gasteiger partial charge in [0.25, 0.3) is 0 Å². The van der Waals surface area contributed by atoms with Crippen molar-refractivity contribution in [2.45, 2.75) is 116 Å². The first-order valence-electron chi connectivity index (χ1n) is 17.7. The summed E-state index contributed by atoms with van der Waals surface area (Å²) in [4.78, 5) is 87.5. The predicted octanol–water partition coefficient (Wildman–Crippen LogP) is 4.18. The number of fused-ring (bicyclic) bond motifs is 5. The van der Waals surface area contributed by atoms with Gasteiger partial charge in [0.15, 0.2) is 29.8 Å². The number of alkyl halides is 1. The first-order chi connectivity index (χ1) is 23.9. The highest BCUT2D eigenvalue weighted by atomic mass is 19.1. The molecule has 0 aromatic carbocycles. The number of hydrogen-bond acceptors (Lipinski definition) is 12. The molecule has 4 aliphatic rings. The van der Waals surface area contributed by atoms with Crippen molar-refractivity contribution in [3.8, 4) is 0 Å². The Hall–Kier alpha value is -3.94. The summed E-state index contributed by atoms with van der Waals surface area (Å²) >= 11 is 0. The van der Waals surface area contributed by atoms with Crippen molar-refractivity contribution in [1.82, 2.24) is 0 Å². The van der Waals surface area contributed by atoms with E-state index in [4.69, 9.17) is 28.8 Å². The number of aliphatic carboxylic acids is 1. The van der Waals surface area contributed by atoms with Gasteiger partial charge in [-0.1, -0.05) is 46.3 Å². The van der Waals surface area contributed by atoms with Crippen molar-refractivity contribution in [2.24, 2.45) is 28.6 Å². The SMILES string of the molecule is CCC(=O)OCC(=O)[C@@]1(OC(=O)CC)[C@@H](C)C[C@H]2[C@@H]3CCC4=CC(=O)C=C[C@]4(C)C3(F)[C@@H](OCC(COC(=O)CC(=O)O)OC(=O)CC)C[C@@]21C. The van der Waals surface area contributed by atoms with Crippen LogP contribution in [0.2, 0.25) is 0 Å². The van der Waals surface area contributed by atoms with Crippen molar-refractivity contribution in [3.05, 3.63) is 23.8 Å². The van der Waals surface area contributed by atoms with Gasteiger partial charge in [-0.2, -0.15) is 0 Å². The number of ether oxygens (including phenoxy) is 5. The molecule has 9 atom stereocenters. The molecule has 0 spiro atoms. The molecule has 51 heavy (non-hydrogen) atoms. The minimum Gasteiger partial charge on any atom is -0.481 e. The van der Waals surface area contributed by atoms with Crippen LogP contribution in [0.4, 0.5) is 4.39 Å². The molecule has 0 amide bonds. The van der Waals surface area contributed by atoms with Gasteiger partial charge in [0.1, 0.15) is 13.0 Å². The third kappa shape index (κ3) is 7.12. The lowest BCUT2D eigenvalue weighted by Crippen LogP contribution is -2.70. The zero-order chi connectivity index (χ0) is 37.9. The minimum absolute atomic E-state index is 0.0205. The maximum absolute atomic E-state index is 18.7. The van der Waals surface area contributed by atoms with Gasteiger partial charge in [-0.15, -0.1) is 0 Å². The summed E-state index contributed by atoms with van der Waals surface area (Å²) < 4.78 is 47.1. The van der Waals surface area contributed by atoms with E-state index in [0.717, 1.165) is 0 Å². The Balaban J connectivity index is 1.81. The van der Waals surface area contributed by atoms with Gasteiger partial charge in [0.2, 0.25) is 5.78 Å². The number of Topliss-reactive ketones (excluding diaryl/α,β-unsaturated/α-hetero) is 1. The second-order valence-corrected chi connectivity index (χ2v) is 14.4. The number of hydrogen-bond donors (Lipinski definition) is 1. The highest BCUT2D eigenvalue weighted by molar-refractivity contribution is 6.01. The lowest BCUT2D eigenvalue weighted by Gasteiger charge is -2.63. The van der Waals surface area contributed by atoms with E-state index < -0.39 is 114 Å². The molecule has 0 aliphatic heterocycles. The Morgan fingerprint density at radius 2 is 1.61 bits per heavy atom. The van der Waals surface area contributed by atoms with Crippen molar-refractivity contribution >= 4 is 41.4 Å². The zero-order valence-electron chi connectivity index (χ0n) is 30.1. The Morgan fingerprint density at radius 1 is 0.941 bits per heavy atom. The molecular formula is C37H49FO13. The molecule has 4 rings (SSSR count). The summed E-state index contributed by atoms with van der Waals surface area (Å²) in [6.45, 7) is 8.25. The molecule has 0 heterocycles. The molecule has 1 N–H and O–H groups in total. The van der Waals surface area contributed by atoms with Crippen molar-refractivity contribution in [1.29, 1.82) is 0 Å². The molecular weight excluding hydrogens is 671 g/mol. The van der Waals surface area contributed by atoms with Gasteiger partial charge >= 0.3 is 29.8 Å². The number of carbonyl (C=O) groups is 7. The standard InChI is InChI=1S/C37H49FO13/c1-7-30(43)49-20-27(40)37(51-32(45)9-3)21(4)14-26-25-11-10-22-15-23(39)12-13-34(22,5)36(25,38)28(17-35(26,37)6)47-18-24(50-31(44)8-2)19-48-33(46)16-29(41)42/h12-13,15,21,24-26,28H,7-11,14,16-20H2,1-6H3,(H,41,42)/t21-,24?,25-,26-,28-,34-,35-,36?,37-/m0/s1. The molecule has 2 unspecified atom stereocenters. The van der Waals surface area contributed by atoms with Gasteiger partial charge < -0.3 is 28.8 Å². The van der Waals surface area contributed by atoms with Gasteiger partial charge in [0, 0.05) is 41.9 Å². The Kier molecular flexibility index (Phi) is 12.0. The summed E-state index contributed by atoms with van der Waals surface area (Å²) in [5.74, 6) is -7.25. The minimum atomic E-state index is -2.19. The molecule has 282 valence electrons. The number of ketones is 2. The highest BCUT2D eigenvalue weighted by Crippen LogP contribution is 2.72. The monoisotopic (exact) mass is 720 g/mol. The van der Waals surface area contributed by atoms with Crippen molar-refractivity contribution in [3.63, 3.8) is 0 Å². The molecule has 0 aromatic heterocycles. The summed E-state index contributed by atoms with van der Waals surface area (Å²) in [6, 6.07) is 0. The van der Waals surface area contributed by atoms with E-state index in [1.165, 1.54) is 12.2 Å². The van der Waals surface area contributed by atoms with Crippen LogP contribution in [0.25, 0.3) is 0 Å². The van der Waals surface area contributed by atoms with Gasteiger partial charge in [0.05, 0.1) is 12.7 Å². The quantitative estimate of drug-likeness (QED) is 0.144. The van der Waals surface area contributed by atoms with Gasteiger partial charge in [-0.3, -0.25) is 33.6 Å². The average Bonchev–Trinajstić information content (AvgIpc) is 3.30. The highest BCUT2D eigenvalue weighted by Gasteiger charge is 2.77. The van der Waals surface area contributed by atoms with Crippen LogP contribution in [-0.2, 0) is 57.2 Å². The molecule has 14 heteroatoms. The lowest BCUT2D eigenvalue weighted by atomic mass is 9.44. The number of carboxylic acids is 1. The number of rotatable bonds is 15. The third-order valence-electron chi connectivity index (χ3n) is 11.6. The average molecular weight is 721 g/mol. The number of esters is 4. The molecule has 3 fully saturated rings. The van der Waals surface area contributed by atoms with E-state index in [2.05, 4.69) is 0 Å². The zero-order valence-corrected chi connectivity index (χ0v) is 30.1. The first kappa shape index (κ1) is 39.8. The van der Waals surface area contributed by atoms with Gasteiger partial charge in [-0.25, -0.2) is 4.39 Å². The maximum atomic E-state index is 18.7. The van der Waals surface area contributed by atoms with Crippen LogP contribution in [0, 0.1) is 28.6 Å². The summed E-state index contributed by atoms with van der Waals surface area (Å²) in [5.41, 5.74) is -6.00. The fourth-order valence-electron chi connectivity index (χ4n) is 9.12. The molecule has 3 saturated carbocycles. The van der Waals surface area contributed by atoms with Crippen molar-refractivity contribution in [2.75, 3.05) is 19.8 Å². The maximum Gasteiger partial charge on any atom is 0.317 e. The topological polar surface area (TPSA) is 186 Å². The molecule has 13 nitrogen and oxygen atoms in total. The normalized spacial score (nSPS) is 34.2. The summed E-state index contributed by atoms with van der Waals surface area (Å²) in [5, 5.41) is 8.96. The second kappa shape index (κ2) is 15.3. The number of carbonyl (C=O) groups excluding carboxylic acids is 6. The number of allylic oxidation sites excluding steroid dienone is 4.